The van der Waals surface area contributed by atoms with Crippen LogP contribution in [0.25, 0.3) is 11.0 Å². The second-order valence-electron chi connectivity index (χ2n) is 7.20. The number of pyridine rings is 1. The zero-order chi connectivity index (χ0) is 18.5. The molecule has 0 bridgehead atoms. The zero-order valence-electron chi connectivity index (χ0n) is 15.6. The van der Waals surface area contributed by atoms with E-state index in [9.17, 15) is 4.79 Å². The van der Waals surface area contributed by atoms with Gasteiger partial charge in [-0.05, 0) is 19.4 Å². The van der Waals surface area contributed by atoms with Crippen LogP contribution < -0.4 is 9.80 Å². The lowest BCUT2D eigenvalue weighted by molar-refractivity contribution is -0.116. The van der Waals surface area contributed by atoms with Gasteiger partial charge in [-0.1, -0.05) is 6.08 Å². The molecule has 0 spiro atoms. The molecule has 2 aromatic rings. The fourth-order valence-electron chi connectivity index (χ4n) is 4.18. The van der Waals surface area contributed by atoms with E-state index in [0.717, 1.165) is 46.9 Å². The average molecular weight is 366 g/mol. The second kappa shape index (κ2) is 6.16. The number of anilines is 2. The summed E-state index contributed by atoms with van der Waals surface area (Å²) in [6.07, 6.45) is 6.58. The summed E-state index contributed by atoms with van der Waals surface area (Å²) in [5.74, 6) is 1.78. The Hall–Kier alpha value is -2.74. The number of rotatable bonds is 1. The number of carbonyl (C=O) groups excluding carboxylic acids is 1. The Kier molecular flexibility index (Phi) is 3.75. The molecule has 0 unspecified atom stereocenters. The smallest absolute Gasteiger partial charge is 0.223 e. The van der Waals surface area contributed by atoms with Gasteiger partial charge in [0.2, 0.25) is 5.91 Å². The fourth-order valence-corrected chi connectivity index (χ4v) is 4.18. The number of ether oxygens (including phenoxy) is 1. The van der Waals surface area contributed by atoms with Gasteiger partial charge in [0.25, 0.3) is 0 Å². The van der Waals surface area contributed by atoms with Crippen LogP contribution in [0.2, 0.25) is 0 Å². The molecule has 27 heavy (non-hydrogen) atoms. The molecular weight excluding hydrogens is 344 g/mol. The van der Waals surface area contributed by atoms with Gasteiger partial charge in [-0.2, -0.15) is 9.78 Å². The van der Waals surface area contributed by atoms with Gasteiger partial charge >= 0.3 is 0 Å². The van der Waals surface area contributed by atoms with Crippen molar-refractivity contribution in [2.24, 2.45) is 4.99 Å². The predicted molar refractivity (Wildman–Crippen MR) is 104 cm³/mol. The Morgan fingerprint density at radius 2 is 2.22 bits per heavy atom. The van der Waals surface area contributed by atoms with Gasteiger partial charge in [0.05, 0.1) is 43.1 Å². The first-order chi connectivity index (χ1) is 13.1. The standard InChI is InChI=1S/C19H22N6O2/c1-12-11-27-9-8-23(12)18-14-5-7-24(13(2)26)17(14)15-10-21-25(19(15)22-18)16-4-3-6-20-16/h3-4,10,12H,5-9,11H2,1-2H3/t12-/m1/s1. The van der Waals surface area contributed by atoms with Crippen molar-refractivity contribution in [1.29, 1.82) is 0 Å². The lowest BCUT2D eigenvalue weighted by Gasteiger charge is -2.35. The molecule has 1 atom stereocenters. The molecule has 0 radical (unpaired) electrons. The number of morpholine rings is 1. The Bertz CT molecular complexity index is 992. The summed E-state index contributed by atoms with van der Waals surface area (Å²) in [6, 6.07) is 0.235. The average Bonchev–Trinajstić information content (AvgIpc) is 3.39. The third-order valence-electron chi connectivity index (χ3n) is 5.48. The molecule has 140 valence electrons. The van der Waals surface area contributed by atoms with E-state index in [2.05, 4.69) is 21.9 Å². The van der Waals surface area contributed by atoms with Gasteiger partial charge in [-0.15, -0.1) is 0 Å². The number of fused-ring (bicyclic) bond motifs is 3. The van der Waals surface area contributed by atoms with Crippen LogP contribution in [0.4, 0.5) is 11.5 Å². The van der Waals surface area contributed by atoms with Crippen molar-refractivity contribution >= 4 is 34.3 Å². The molecular formula is C19H22N6O2. The summed E-state index contributed by atoms with van der Waals surface area (Å²) in [5, 5.41) is 5.45. The number of hydrogen-bond acceptors (Lipinski definition) is 6. The molecule has 2 aromatic heterocycles. The molecule has 0 aliphatic carbocycles. The van der Waals surface area contributed by atoms with Gasteiger partial charge in [0, 0.05) is 25.6 Å². The first kappa shape index (κ1) is 16.4. The summed E-state index contributed by atoms with van der Waals surface area (Å²) in [5.41, 5.74) is 2.84. The molecule has 1 fully saturated rings. The first-order valence-corrected chi connectivity index (χ1v) is 9.39. The van der Waals surface area contributed by atoms with E-state index in [1.165, 1.54) is 0 Å². The molecule has 1 saturated heterocycles. The molecule has 3 aliphatic heterocycles. The van der Waals surface area contributed by atoms with Crippen molar-refractivity contribution in [1.82, 2.24) is 14.8 Å². The van der Waals surface area contributed by atoms with Crippen molar-refractivity contribution < 1.29 is 9.53 Å². The molecule has 0 aromatic carbocycles. The number of aromatic nitrogens is 3. The molecule has 0 saturated carbocycles. The third kappa shape index (κ3) is 2.47. The van der Waals surface area contributed by atoms with Crippen LogP contribution in [0.1, 0.15) is 19.4 Å². The summed E-state index contributed by atoms with van der Waals surface area (Å²) in [4.78, 5) is 26.0. The number of amides is 1. The molecule has 8 nitrogen and oxygen atoms in total. The maximum atomic E-state index is 12.3. The topological polar surface area (TPSA) is 75.8 Å². The second-order valence-corrected chi connectivity index (χ2v) is 7.20. The monoisotopic (exact) mass is 366 g/mol. The highest BCUT2D eigenvalue weighted by molar-refractivity contribution is 6.08. The van der Waals surface area contributed by atoms with E-state index in [1.807, 2.05) is 23.2 Å². The molecule has 5 heterocycles. The summed E-state index contributed by atoms with van der Waals surface area (Å²) >= 11 is 0. The quantitative estimate of drug-likeness (QED) is 0.762. The molecule has 5 rings (SSSR count). The third-order valence-corrected chi connectivity index (χ3v) is 5.48. The Morgan fingerprint density at radius 1 is 1.33 bits per heavy atom. The minimum absolute atomic E-state index is 0.0491. The predicted octanol–water partition coefficient (Wildman–Crippen LogP) is 1.38. The highest BCUT2D eigenvalue weighted by Gasteiger charge is 2.33. The summed E-state index contributed by atoms with van der Waals surface area (Å²) in [6.45, 7) is 7.27. The summed E-state index contributed by atoms with van der Waals surface area (Å²) in [7, 11) is 0. The van der Waals surface area contributed by atoms with Crippen LogP contribution in [0.5, 0.6) is 0 Å². The minimum atomic E-state index is 0.0491. The van der Waals surface area contributed by atoms with Crippen molar-refractivity contribution in [2.45, 2.75) is 26.3 Å². The summed E-state index contributed by atoms with van der Waals surface area (Å²) < 4.78 is 7.39. The van der Waals surface area contributed by atoms with Crippen molar-refractivity contribution in [3.63, 3.8) is 0 Å². The normalized spacial score (nSPS) is 21.9. The lowest BCUT2D eigenvalue weighted by atomic mass is 10.1. The SMILES string of the molecule is CC(=O)N1CCc2c(N3CCOC[C@H]3C)nc3c(cnn3C3=NCC=C3)c21. The van der Waals surface area contributed by atoms with E-state index in [4.69, 9.17) is 9.72 Å². The van der Waals surface area contributed by atoms with Gasteiger partial charge in [-0.25, -0.2) is 4.98 Å². The van der Waals surface area contributed by atoms with E-state index in [0.29, 0.717) is 26.3 Å². The minimum Gasteiger partial charge on any atom is -0.377 e. The Morgan fingerprint density at radius 3 is 2.96 bits per heavy atom. The highest BCUT2D eigenvalue weighted by Crippen LogP contribution is 2.41. The van der Waals surface area contributed by atoms with Gasteiger partial charge in [0.1, 0.15) is 5.82 Å². The number of aliphatic imine (C=N–C) groups is 1. The van der Waals surface area contributed by atoms with E-state index < -0.39 is 0 Å². The van der Waals surface area contributed by atoms with E-state index >= 15 is 0 Å². The maximum Gasteiger partial charge on any atom is 0.223 e. The number of hydrogen-bond donors (Lipinski definition) is 0. The Balaban J connectivity index is 1.76. The number of carbonyl (C=O) groups is 1. The van der Waals surface area contributed by atoms with Gasteiger partial charge < -0.3 is 14.5 Å². The van der Waals surface area contributed by atoms with Crippen LogP contribution in [-0.4, -0.2) is 65.4 Å². The first-order valence-electron chi connectivity index (χ1n) is 9.39. The van der Waals surface area contributed by atoms with Crippen LogP contribution in [0, 0.1) is 0 Å². The maximum absolute atomic E-state index is 12.3. The Labute approximate surface area is 157 Å². The molecule has 1 amide bonds. The van der Waals surface area contributed by atoms with Crippen LogP contribution in [-0.2, 0) is 16.0 Å². The number of nitrogens with zero attached hydrogens (tertiary/aromatic N) is 6. The zero-order valence-corrected chi connectivity index (χ0v) is 15.6. The van der Waals surface area contributed by atoms with Gasteiger partial charge in [0.15, 0.2) is 11.5 Å². The molecule has 3 aliphatic rings. The number of allylic oxidation sites excluding steroid dienone is 1. The lowest BCUT2D eigenvalue weighted by Crippen LogP contribution is -2.44. The van der Waals surface area contributed by atoms with Crippen LogP contribution in [0.15, 0.2) is 23.3 Å². The fraction of sp³-hybridized carbons (Fsp3) is 0.474. The largest absolute Gasteiger partial charge is 0.377 e. The van der Waals surface area contributed by atoms with Crippen LogP contribution in [0.3, 0.4) is 0 Å². The molecule has 0 N–H and O–H groups in total. The highest BCUT2D eigenvalue weighted by atomic mass is 16.5. The molecule has 8 heteroatoms. The van der Waals surface area contributed by atoms with Crippen molar-refractivity contribution in [2.75, 3.05) is 42.6 Å². The van der Waals surface area contributed by atoms with E-state index in [-0.39, 0.29) is 11.9 Å². The van der Waals surface area contributed by atoms with E-state index in [1.54, 1.807) is 11.6 Å². The van der Waals surface area contributed by atoms with Crippen molar-refractivity contribution in [3.05, 3.63) is 23.9 Å². The van der Waals surface area contributed by atoms with Gasteiger partial charge in [-0.3, -0.25) is 9.79 Å². The van der Waals surface area contributed by atoms with Crippen LogP contribution >= 0.6 is 0 Å². The van der Waals surface area contributed by atoms with Crippen molar-refractivity contribution in [3.8, 4) is 0 Å².